The molecule has 0 bridgehead atoms. The second-order valence-electron chi connectivity index (χ2n) is 9.57. The van der Waals surface area contributed by atoms with Crippen molar-refractivity contribution in [2.45, 2.75) is 57.4 Å². The van der Waals surface area contributed by atoms with Gasteiger partial charge in [-0.2, -0.15) is 0 Å². The topological polar surface area (TPSA) is 157 Å². The number of methoxy groups -OCH3 is 2. The van der Waals surface area contributed by atoms with Crippen LogP contribution >= 0.6 is 0 Å². The van der Waals surface area contributed by atoms with Crippen LogP contribution < -0.4 is 15.7 Å². The first-order chi connectivity index (χ1) is 16.5. The SMILES string of the molecule is COCC1CC1C(=O)Nc1c(O)c2ccc(O[C@@H]3OC(C)(C)[C@H](OC)[C@H](O)[C@H]3O)c(C)c2oc1=O. The Balaban J connectivity index is 1.59. The zero-order chi connectivity index (χ0) is 25.7. The fourth-order valence-electron chi connectivity index (χ4n) is 4.62. The van der Waals surface area contributed by atoms with Crippen LogP contribution in [0.25, 0.3) is 11.0 Å². The molecule has 1 amide bonds. The lowest BCUT2D eigenvalue weighted by Gasteiger charge is -2.46. The van der Waals surface area contributed by atoms with Gasteiger partial charge in [0.15, 0.2) is 11.4 Å². The van der Waals surface area contributed by atoms with Gasteiger partial charge in [0, 0.05) is 32.3 Å². The van der Waals surface area contributed by atoms with E-state index in [1.807, 2.05) is 0 Å². The lowest BCUT2D eigenvalue weighted by atomic mass is 9.89. The molecular formula is C24H31NO10. The molecule has 1 aliphatic carbocycles. The Morgan fingerprint density at radius 1 is 1.23 bits per heavy atom. The Labute approximate surface area is 201 Å². The normalized spacial score (nSPS) is 29.7. The van der Waals surface area contributed by atoms with E-state index in [0.29, 0.717) is 18.6 Å². The Kier molecular flexibility index (Phi) is 6.82. The standard InChI is InChI=1S/C24H31NO10/c1-10-14(33-23-18(28)17(27)20(32-5)24(2,3)35-23)7-6-12-16(26)15(22(30)34-19(10)12)25-21(29)13-8-11(13)9-31-4/h6-7,11,13,17-18,20,23,26-28H,8-9H2,1-5H3,(H,25,29)/t11?,13?,17-,18-,20-,23-/m1/s1. The third-order valence-electron chi connectivity index (χ3n) is 6.68. The molecule has 1 saturated heterocycles. The van der Waals surface area contributed by atoms with Crippen molar-refractivity contribution in [3.05, 3.63) is 28.1 Å². The van der Waals surface area contributed by atoms with Crippen LogP contribution in [0.3, 0.4) is 0 Å². The Hall–Kier alpha value is -2.70. The summed E-state index contributed by atoms with van der Waals surface area (Å²) in [4.78, 5) is 25.1. The summed E-state index contributed by atoms with van der Waals surface area (Å²) in [6, 6.07) is 2.97. The highest BCUT2D eigenvalue weighted by atomic mass is 16.7. The van der Waals surface area contributed by atoms with Crippen molar-refractivity contribution in [2.75, 3.05) is 26.1 Å². The van der Waals surface area contributed by atoms with Gasteiger partial charge in [0.25, 0.3) is 0 Å². The number of rotatable bonds is 7. The first-order valence-electron chi connectivity index (χ1n) is 11.3. The number of hydrogen-bond acceptors (Lipinski definition) is 10. The number of carbonyl (C=O) groups is 1. The van der Waals surface area contributed by atoms with Gasteiger partial charge in [-0.1, -0.05) is 0 Å². The van der Waals surface area contributed by atoms with Gasteiger partial charge in [0.1, 0.15) is 29.6 Å². The zero-order valence-electron chi connectivity index (χ0n) is 20.2. The third kappa shape index (κ3) is 4.62. The van der Waals surface area contributed by atoms with E-state index >= 15 is 0 Å². The molecule has 1 saturated carbocycles. The van der Waals surface area contributed by atoms with Gasteiger partial charge in [-0.3, -0.25) is 4.79 Å². The molecule has 2 aliphatic rings. The third-order valence-corrected chi connectivity index (χ3v) is 6.68. The van der Waals surface area contributed by atoms with Crippen molar-refractivity contribution >= 4 is 22.6 Å². The predicted molar refractivity (Wildman–Crippen MR) is 123 cm³/mol. The van der Waals surface area contributed by atoms with Crippen molar-refractivity contribution in [3.8, 4) is 11.5 Å². The number of fused-ring (bicyclic) bond motifs is 1. The molecule has 4 rings (SSSR count). The van der Waals surface area contributed by atoms with Crippen molar-refractivity contribution < 1.29 is 43.5 Å². The molecule has 4 N–H and O–H groups in total. The molecule has 1 aromatic carbocycles. The molecule has 0 spiro atoms. The fourth-order valence-corrected chi connectivity index (χ4v) is 4.62. The molecule has 35 heavy (non-hydrogen) atoms. The van der Waals surface area contributed by atoms with Gasteiger partial charge >= 0.3 is 5.63 Å². The smallest absolute Gasteiger partial charge is 0.364 e. The highest BCUT2D eigenvalue weighted by Crippen LogP contribution is 2.41. The van der Waals surface area contributed by atoms with Crippen LogP contribution in [-0.4, -0.2) is 72.3 Å². The molecule has 1 aliphatic heterocycles. The average Bonchev–Trinajstić information content (AvgIpc) is 3.56. The molecule has 2 heterocycles. The van der Waals surface area contributed by atoms with E-state index in [4.69, 9.17) is 23.4 Å². The minimum absolute atomic E-state index is 0.0477. The molecule has 192 valence electrons. The van der Waals surface area contributed by atoms with E-state index in [1.165, 1.54) is 19.2 Å². The summed E-state index contributed by atoms with van der Waals surface area (Å²) in [5.41, 5.74) is -1.82. The van der Waals surface area contributed by atoms with Crippen molar-refractivity contribution in [1.82, 2.24) is 0 Å². The maximum absolute atomic E-state index is 12.6. The van der Waals surface area contributed by atoms with Crippen LogP contribution in [0.4, 0.5) is 5.69 Å². The Morgan fingerprint density at radius 2 is 1.94 bits per heavy atom. The maximum atomic E-state index is 12.6. The lowest BCUT2D eigenvalue weighted by Crippen LogP contribution is -2.63. The quantitative estimate of drug-likeness (QED) is 0.414. The predicted octanol–water partition coefficient (Wildman–Crippen LogP) is 1.28. The molecule has 11 heteroatoms. The molecular weight excluding hydrogens is 462 g/mol. The minimum Gasteiger partial charge on any atom is -0.505 e. The van der Waals surface area contributed by atoms with Gasteiger partial charge in [-0.25, -0.2) is 4.79 Å². The maximum Gasteiger partial charge on any atom is 0.364 e. The second-order valence-corrected chi connectivity index (χ2v) is 9.57. The highest BCUT2D eigenvalue weighted by Gasteiger charge is 2.50. The zero-order valence-corrected chi connectivity index (χ0v) is 20.2. The van der Waals surface area contributed by atoms with Gasteiger partial charge < -0.3 is 44.0 Å². The summed E-state index contributed by atoms with van der Waals surface area (Å²) in [5, 5.41) is 34.4. The number of hydrogen-bond donors (Lipinski definition) is 4. The summed E-state index contributed by atoms with van der Waals surface area (Å²) in [5.74, 6) is -0.806. The van der Waals surface area contributed by atoms with Gasteiger partial charge in [-0.05, 0) is 45.2 Å². The van der Waals surface area contributed by atoms with Crippen molar-refractivity contribution in [1.29, 1.82) is 0 Å². The van der Waals surface area contributed by atoms with Crippen LogP contribution in [0, 0.1) is 18.8 Å². The molecule has 2 fully saturated rings. The number of nitrogens with one attached hydrogen (secondary N) is 1. The molecule has 11 nitrogen and oxygen atoms in total. The summed E-state index contributed by atoms with van der Waals surface area (Å²) >= 11 is 0. The molecule has 2 aromatic rings. The fraction of sp³-hybridized carbons (Fsp3) is 0.583. The number of ether oxygens (including phenoxy) is 4. The number of aromatic hydroxyl groups is 1. The van der Waals surface area contributed by atoms with E-state index in [0.717, 1.165) is 0 Å². The molecule has 0 radical (unpaired) electrons. The number of aliphatic hydroxyl groups excluding tert-OH is 2. The van der Waals surface area contributed by atoms with Crippen LogP contribution in [0.5, 0.6) is 11.5 Å². The van der Waals surface area contributed by atoms with E-state index in [-0.39, 0.29) is 40.1 Å². The minimum atomic E-state index is -1.41. The number of aryl methyl sites for hydroxylation is 1. The van der Waals surface area contributed by atoms with Crippen molar-refractivity contribution in [2.24, 2.45) is 11.8 Å². The van der Waals surface area contributed by atoms with E-state index in [2.05, 4.69) is 5.32 Å². The number of carbonyl (C=O) groups excluding carboxylic acids is 1. The van der Waals surface area contributed by atoms with Crippen LogP contribution in [0.15, 0.2) is 21.3 Å². The number of aliphatic hydroxyl groups is 2. The Bertz CT molecular complexity index is 1180. The van der Waals surface area contributed by atoms with E-state index < -0.39 is 41.6 Å². The monoisotopic (exact) mass is 493 g/mol. The molecule has 1 aromatic heterocycles. The summed E-state index contributed by atoms with van der Waals surface area (Å²) in [6.07, 6.45) is -4.05. The number of amides is 1. The molecule has 6 atom stereocenters. The highest BCUT2D eigenvalue weighted by molar-refractivity contribution is 5.99. The largest absolute Gasteiger partial charge is 0.505 e. The first kappa shape index (κ1) is 25.4. The van der Waals surface area contributed by atoms with E-state index in [1.54, 1.807) is 27.9 Å². The van der Waals surface area contributed by atoms with Gasteiger partial charge in [-0.15, -0.1) is 0 Å². The number of anilines is 1. The van der Waals surface area contributed by atoms with E-state index in [9.17, 15) is 24.9 Å². The van der Waals surface area contributed by atoms with Crippen molar-refractivity contribution in [3.63, 3.8) is 0 Å². The van der Waals surface area contributed by atoms with Gasteiger partial charge in [0.2, 0.25) is 12.2 Å². The van der Waals surface area contributed by atoms with Crippen LogP contribution in [-0.2, 0) is 19.0 Å². The molecule has 2 unspecified atom stereocenters. The Morgan fingerprint density at radius 3 is 2.60 bits per heavy atom. The average molecular weight is 494 g/mol. The summed E-state index contributed by atoms with van der Waals surface area (Å²) < 4.78 is 27.4. The summed E-state index contributed by atoms with van der Waals surface area (Å²) in [7, 11) is 2.96. The van der Waals surface area contributed by atoms with Gasteiger partial charge in [0.05, 0.1) is 11.0 Å². The van der Waals surface area contributed by atoms with Crippen LogP contribution in [0.2, 0.25) is 0 Å². The first-order valence-corrected chi connectivity index (χ1v) is 11.3. The number of benzene rings is 1. The summed E-state index contributed by atoms with van der Waals surface area (Å²) in [6.45, 7) is 5.45. The second kappa shape index (κ2) is 9.40. The lowest BCUT2D eigenvalue weighted by molar-refractivity contribution is -0.306. The van der Waals surface area contributed by atoms with Crippen LogP contribution in [0.1, 0.15) is 25.8 Å².